The molecule has 0 fully saturated rings. The quantitative estimate of drug-likeness (QED) is 0.256. The van der Waals surface area contributed by atoms with E-state index in [1.165, 1.54) is 19.3 Å². The normalized spacial score (nSPS) is 12.6. The summed E-state index contributed by atoms with van der Waals surface area (Å²) in [7, 11) is 3.37. The summed E-state index contributed by atoms with van der Waals surface area (Å²) >= 11 is 0. The molecule has 1 rings (SSSR count). The summed E-state index contributed by atoms with van der Waals surface area (Å²) in [6.45, 7) is 2.85. The van der Waals surface area contributed by atoms with Gasteiger partial charge < -0.3 is 20.3 Å². The number of carbonyl (C=O) groups is 2. The fraction of sp³-hybridized carbons (Fsp3) is 0.545. The number of unbranched alkanes of at least 4 members (excludes halogenated alkanes) is 2. The summed E-state index contributed by atoms with van der Waals surface area (Å²) in [6, 6.07) is 4.57. The molecule has 0 aromatic heterocycles. The average molecular weight is 392 g/mol. The first-order valence-corrected chi connectivity index (χ1v) is 9.79. The van der Waals surface area contributed by atoms with E-state index in [1.54, 1.807) is 12.1 Å². The number of aliphatic hydroxyl groups excluding tert-OH is 1. The molecule has 0 saturated carbocycles. The van der Waals surface area contributed by atoms with Crippen molar-refractivity contribution in [2.24, 2.45) is 5.92 Å². The molecule has 1 aromatic carbocycles. The van der Waals surface area contributed by atoms with Gasteiger partial charge in [0, 0.05) is 6.42 Å². The van der Waals surface area contributed by atoms with Gasteiger partial charge in [-0.3, -0.25) is 9.59 Å². The molecule has 6 heteroatoms. The standard InChI is InChI=1S/C22H33NO5/c1-16(14-23-2)7-5-4-6-8-19(25)13-20(26)11-18(15-24)17-9-10-21(27)22(12-17)28-3/h9-12,16,23-24,27H,4-8,13-15H2,1-3H3/t16-/m1/s1. The number of hydrogen-bond acceptors (Lipinski definition) is 6. The topological polar surface area (TPSA) is 95.9 Å². The molecule has 0 bridgehead atoms. The molecule has 156 valence electrons. The molecule has 0 spiro atoms. The number of nitrogens with one attached hydrogen (secondary N) is 1. The molecule has 0 radical (unpaired) electrons. The second kappa shape index (κ2) is 13.1. The molecule has 0 saturated heterocycles. The van der Waals surface area contributed by atoms with Crippen LogP contribution < -0.4 is 10.1 Å². The fourth-order valence-electron chi connectivity index (χ4n) is 3.07. The van der Waals surface area contributed by atoms with Crippen molar-refractivity contribution in [2.75, 3.05) is 27.3 Å². The SMILES string of the molecule is CNC[C@H](C)CCCCCC(=O)CC(=O)C=C(CO)c1ccc(O)c(OC)c1. The van der Waals surface area contributed by atoms with Gasteiger partial charge in [0.1, 0.15) is 5.78 Å². The number of rotatable bonds is 14. The van der Waals surface area contributed by atoms with Crippen LogP contribution in [0.25, 0.3) is 5.57 Å². The molecule has 0 aliphatic heterocycles. The lowest BCUT2D eigenvalue weighted by Crippen LogP contribution is -2.15. The zero-order valence-electron chi connectivity index (χ0n) is 17.2. The summed E-state index contributed by atoms with van der Waals surface area (Å²) in [5, 5.41) is 22.4. The smallest absolute Gasteiger partial charge is 0.163 e. The minimum absolute atomic E-state index is 0.0228. The zero-order chi connectivity index (χ0) is 20.9. The van der Waals surface area contributed by atoms with Crippen LogP contribution in [0.3, 0.4) is 0 Å². The number of aliphatic hydroxyl groups is 1. The molecule has 0 unspecified atom stereocenters. The van der Waals surface area contributed by atoms with Gasteiger partial charge in [0.2, 0.25) is 0 Å². The second-order valence-corrected chi connectivity index (χ2v) is 7.16. The first-order valence-electron chi connectivity index (χ1n) is 9.79. The van der Waals surface area contributed by atoms with Crippen molar-refractivity contribution in [3.05, 3.63) is 29.8 Å². The molecule has 0 amide bonds. The summed E-state index contributed by atoms with van der Waals surface area (Å²) in [4.78, 5) is 24.2. The third-order valence-corrected chi connectivity index (χ3v) is 4.63. The average Bonchev–Trinajstić information content (AvgIpc) is 2.66. The Morgan fingerprint density at radius 2 is 2.00 bits per heavy atom. The van der Waals surface area contributed by atoms with E-state index < -0.39 is 0 Å². The Balaban J connectivity index is 2.48. The maximum absolute atomic E-state index is 12.2. The molecular formula is C22H33NO5. The Morgan fingerprint density at radius 3 is 2.64 bits per heavy atom. The maximum Gasteiger partial charge on any atom is 0.163 e. The van der Waals surface area contributed by atoms with Crippen LogP contribution in [0.4, 0.5) is 0 Å². The number of phenols is 1. The number of allylic oxidation sites excluding steroid dienone is 1. The molecule has 6 nitrogen and oxygen atoms in total. The van der Waals surface area contributed by atoms with Gasteiger partial charge in [0.15, 0.2) is 17.3 Å². The van der Waals surface area contributed by atoms with Crippen molar-refractivity contribution < 1.29 is 24.5 Å². The Morgan fingerprint density at radius 1 is 1.25 bits per heavy atom. The molecular weight excluding hydrogens is 358 g/mol. The third-order valence-electron chi connectivity index (χ3n) is 4.63. The van der Waals surface area contributed by atoms with Gasteiger partial charge in [0.25, 0.3) is 0 Å². The lowest BCUT2D eigenvalue weighted by atomic mass is 10.00. The van der Waals surface area contributed by atoms with Crippen LogP contribution in [0.1, 0.15) is 51.0 Å². The number of aromatic hydroxyl groups is 1. The van der Waals surface area contributed by atoms with E-state index in [2.05, 4.69) is 12.2 Å². The zero-order valence-corrected chi connectivity index (χ0v) is 17.2. The molecule has 0 aliphatic rings. The predicted molar refractivity (Wildman–Crippen MR) is 111 cm³/mol. The first-order chi connectivity index (χ1) is 13.4. The lowest BCUT2D eigenvalue weighted by Gasteiger charge is -2.09. The number of benzene rings is 1. The lowest BCUT2D eigenvalue weighted by molar-refractivity contribution is -0.124. The number of methoxy groups -OCH3 is 1. The highest BCUT2D eigenvalue weighted by molar-refractivity contribution is 6.07. The molecule has 0 aliphatic carbocycles. The van der Waals surface area contributed by atoms with Crippen LogP contribution in [-0.4, -0.2) is 49.1 Å². The van der Waals surface area contributed by atoms with Crippen LogP contribution in [0.5, 0.6) is 11.5 Å². The summed E-state index contributed by atoms with van der Waals surface area (Å²) < 4.78 is 5.04. The number of ether oxygens (including phenoxy) is 1. The van der Waals surface area contributed by atoms with Crippen molar-refractivity contribution in [3.63, 3.8) is 0 Å². The van der Waals surface area contributed by atoms with E-state index in [4.69, 9.17) is 4.74 Å². The molecule has 1 aromatic rings. The van der Waals surface area contributed by atoms with Crippen molar-refractivity contribution in [1.82, 2.24) is 5.32 Å². The molecule has 1 atom stereocenters. The Kier molecular flexibility index (Phi) is 11.1. The highest BCUT2D eigenvalue weighted by Crippen LogP contribution is 2.29. The highest BCUT2D eigenvalue weighted by Gasteiger charge is 2.11. The van der Waals surface area contributed by atoms with Gasteiger partial charge in [0.05, 0.1) is 20.1 Å². The largest absolute Gasteiger partial charge is 0.504 e. The third kappa shape index (κ3) is 8.67. The van der Waals surface area contributed by atoms with Crippen LogP contribution in [-0.2, 0) is 9.59 Å². The van der Waals surface area contributed by atoms with Gasteiger partial charge in [-0.15, -0.1) is 0 Å². The minimum atomic E-state index is -0.349. The number of ketones is 2. The number of carbonyl (C=O) groups excluding carboxylic acids is 2. The van der Waals surface area contributed by atoms with Crippen molar-refractivity contribution in [1.29, 1.82) is 0 Å². The molecule has 3 N–H and O–H groups in total. The number of Topliss-reactive ketones (excluding diaryl/α,β-unsaturated/α-hetero) is 1. The van der Waals surface area contributed by atoms with Gasteiger partial charge in [-0.2, -0.15) is 0 Å². The number of hydrogen-bond donors (Lipinski definition) is 3. The monoisotopic (exact) mass is 391 g/mol. The Bertz CT molecular complexity index is 669. The maximum atomic E-state index is 12.2. The van der Waals surface area contributed by atoms with Crippen LogP contribution in [0, 0.1) is 5.92 Å². The van der Waals surface area contributed by atoms with Crippen molar-refractivity contribution in [3.8, 4) is 11.5 Å². The van der Waals surface area contributed by atoms with E-state index in [0.29, 0.717) is 23.5 Å². The van der Waals surface area contributed by atoms with Gasteiger partial charge >= 0.3 is 0 Å². The van der Waals surface area contributed by atoms with E-state index in [1.807, 2.05) is 7.05 Å². The second-order valence-electron chi connectivity index (χ2n) is 7.16. The van der Waals surface area contributed by atoms with Gasteiger partial charge in [-0.05, 0) is 61.7 Å². The summed E-state index contributed by atoms with van der Waals surface area (Å²) in [6.07, 6.45) is 5.54. The Labute approximate surface area is 167 Å². The molecule has 0 heterocycles. The fourth-order valence-corrected chi connectivity index (χ4v) is 3.07. The highest BCUT2D eigenvalue weighted by atomic mass is 16.5. The van der Waals surface area contributed by atoms with Crippen LogP contribution in [0.2, 0.25) is 0 Å². The van der Waals surface area contributed by atoms with E-state index in [-0.39, 0.29) is 36.1 Å². The van der Waals surface area contributed by atoms with Gasteiger partial charge in [-0.1, -0.05) is 25.8 Å². The van der Waals surface area contributed by atoms with Crippen LogP contribution >= 0.6 is 0 Å². The summed E-state index contributed by atoms with van der Waals surface area (Å²) in [5.74, 6) is 0.450. The van der Waals surface area contributed by atoms with E-state index in [9.17, 15) is 19.8 Å². The number of phenolic OH excluding ortho intramolecular Hbond substituents is 1. The van der Waals surface area contributed by atoms with Crippen molar-refractivity contribution >= 4 is 17.1 Å². The van der Waals surface area contributed by atoms with Gasteiger partial charge in [-0.25, -0.2) is 0 Å². The summed E-state index contributed by atoms with van der Waals surface area (Å²) in [5.41, 5.74) is 0.947. The first kappa shape index (κ1) is 23.9. The minimum Gasteiger partial charge on any atom is -0.504 e. The Hall–Kier alpha value is -2.18. The van der Waals surface area contributed by atoms with E-state index in [0.717, 1.165) is 32.2 Å². The van der Waals surface area contributed by atoms with Crippen molar-refractivity contribution in [2.45, 2.75) is 45.4 Å². The van der Waals surface area contributed by atoms with Crippen LogP contribution in [0.15, 0.2) is 24.3 Å². The molecule has 28 heavy (non-hydrogen) atoms. The van der Waals surface area contributed by atoms with E-state index >= 15 is 0 Å². The predicted octanol–water partition coefficient (Wildman–Crippen LogP) is 3.11.